The van der Waals surface area contributed by atoms with Gasteiger partial charge in [-0.1, -0.05) is 11.8 Å². The highest BCUT2D eigenvalue weighted by molar-refractivity contribution is 6.00. The van der Waals surface area contributed by atoms with Gasteiger partial charge in [-0.05, 0) is 53.1 Å². The van der Waals surface area contributed by atoms with Crippen LogP contribution in [-0.2, 0) is 18.4 Å². The number of pyridine rings is 1. The molecule has 0 aliphatic heterocycles. The molecule has 0 saturated heterocycles. The molecule has 220 valence electrons. The molecule has 4 aromatic rings. The summed E-state index contributed by atoms with van der Waals surface area (Å²) in [6, 6.07) is 5.90. The molecular weight excluding hydrogens is 621 g/mol. The second kappa shape index (κ2) is 13.7. The first-order chi connectivity index (χ1) is 20.0. The summed E-state index contributed by atoms with van der Waals surface area (Å²) in [7, 11) is 5.46. The van der Waals surface area contributed by atoms with Crippen LogP contribution in [0.1, 0.15) is 24.0 Å². The van der Waals surface area contributed by atoms with Crippen LogP contribution in [0.2, 0.25) is 0 Å². The van der Waals surface area contributed by atoms with Crippen LogP contribution < -0.4 is 27.6 Å². The summed E-state index contributed by atoms with van der Waals surface area (Å²) in [4.78, 5) is 40.5. The maximum Gasteiger partial charge on any atom is 0.392 e. The minimum atomic E-state index is -0.518. The maximum absolute atomic E-state index is 13.8. The molecule has 0 aliphatic rings. The van der Waals surface area contributed by atoms with E-state index in [1.807, 2.05) is 14.1 Å². The average Bonchev–Trinajstić information content (AvgIpc) is 3.24. The minimum absolute atomic E-state index is 0. The number of fused-ring (bicyclic) bond motifs is 1. The lowest BCUT2D eigenvalue weighted by Crippen LogP contribution is -3.00. The van der Waals surface area contributed by atoms with Crippen LogP contribution in [0, 0.1) is 40.1 Å². The maximum atomic E-state index is 13.8. The number of aromatic nitrogens is 5. The van der Waals surface area contributed by atoms with Crippen molar-refractivity contribution in [3.8, 4) is 24.2 Å². The number of hydrogen-bond donors (Lipinski definition) is 2. The van der Waals surface area contributed by atoms with Gasteiger partial charge in [-0.2, -0.15) is 0 Å². The number of benzene rings is 1. The van der Waals surface area contributed by atoms with Crippen LogP contribution in [0.3, 0.4) is 0 Å². The van der Waals surface area contributed by atoms with Crippen molar-refractivity contribution in [3.63, 3.8) is 0 Å². The molecule has 12 nitrogen and oxygen atoms in total. The summed E-state index contributed by atoms with van der Waals surface area (Å²) in [6.07, 6.45) is 11.3. The smallest absolute Gasteiger partial charge is 0.392 e. The number of terminal acetylenes is 1. The van der Waals surface area contributed by atoms with Crippen LogP contribution in [0.25, 0.3) is 10.9 Å². The number of amides is 1. The van der Waals surface area contributed by atoms with Crippen molar-refractivity contribution in [1.29, 1.82) is 0 Å². The van der Waals surface area contributed by atoms with Crippen LogP contribution in [0.5, 0.6) is 0 Å². The van der Waals surface area contributed by atoms with Gasteiger partial charge in [0.25, 0.3) is 5.82 Å². The fourth-order valence-electron chi connectivity index (χ4n) is 4.12. The fraction of sp³-hybridized carbons (Fsp3) is 0.207. The molecule has 1 aromatic carbocycles. The average molecular weight is 648 g/mol. The topological polar surface area (TPSA) is 141 Å². The number of anilines is 3. The molecule has 0 aliphatic carbocycles. The van der Waals surface area contributed by atoms with Crippen molar-refractivity contribution < 1.29 is 35.6 Å². The predicted octanol–water partition coefficient (Wildman–Crippen LogP) is 0.677. The van der Waals surface area contributed by atoms with Crippen molar-refractivity contribution in [2.24, 2.45) is 7.05 Å². The van der Waals surface area contributed by atoms with Crippen molar-refractivity contribution >= 4 is 40.0 Å². The largest absolute Gasteiger partial charge is 1.00 e. The molecule has 0 spiro atoms. The third-order valence-electron chi connectivity index (χ3n) is 6.21. The predicted molar refractivity (Wildman–Crippen MR) is 156 cm³/mol. The Bertz CT molecular complexity index is 1830. The van der Waals surface area contributed by atoms with E-state index in [1.165, 1.54) is 36.8 Å². The number of nitrogens with one attached hydrogen (secondary N) is 2. The minimum Gasteiger partial charge on any atom is -1.00 e. The standard InChI is InChI=1S/C29H26FN9O3.BrH/c1-6-9-26-36-29(38(41)42)24(37(26)3)17-39(4,5)13-8-10-27(40)35-25-15-21-23(16-31-25)32-18-33-28(21)34-20-11-12-22(30)19(7-2)14-20;/h2,8,10-12,14-16,18H,13,17H2,1,3-5H3,(H-,31,32,33,34,35,40);1H/b10-8+;. The lowest BCUT2D eigenvalue weighted by molar-refractivity contribution is -0.898. The molecule has 0 unspecified atom stereocenters. The van der Waals surface area contributed by atoms with Gasteiger partial charge in [0.2, 0.25) is 5.91 Å². The van der Waals surface area contributed by atoms with Gasteiger partial charge < -0.3 is 42.2 Å². The number of nitrogens with zero attached hydrogens (tertiary/aromatic N) is 7. The van der Waals surface area contributed by atoms with E-state index < -0.39 is 16.6 Å². The summed E-state index contributed by atoms with van der Waals surface area (Å²) in [5.41, 5.74) is 1.59. The Morgan fingerprint density at radius 2 is 2.02 bits per heavy atom. The monoisotopic (exact) mass is 647 g/mol. The van der Waals surface area contributed by atoms with E-state index in [0.29, 0.717) is 45.0 Å². The van der Waals surface area contributed by atoms with Gasteiger partial charge in [-0.3, -0.25) is 9.36 Å². The highest BCUT2D eigenvalue weighted by atomic mass is 79.9. The number of likely N-dealkylation sites (N-methyl/N-ethyl adjacent to an activating group) is 1. The van der Waals surface area contributed by atoms with Gasteiger partial charge >= 0.3 is 5.82 Å². The number of quaternary nitrogens is 1. The molecule has 3 heterocycles. The third kappa shape index (κ3) is 7.77. The van der Waals surface area contributed by atoms with Crippen molar-refractivity contribution in [2.45, 2.75) is 13.5 Å². The van der Waals surface area contributed by atoms with Crippen LogP contribution in [0.4, 0.5) is 27.5 Å². The van der Waals surface area contributed by atoms with Crippen LogP contribution >= 0.6 is 0 Å². The summed E-state index contributed by atoms with van der Waals surface area (Å²) in [5.74, 6) is 7.62. The van der Waals surface area contributed by atoms with E-state index in [9.17, 15) is 19.3 Å². The normalized spacial score (nSPS) is 10.9. The molecule has 1 amide bonds. The Balaban J connectivity index is 0.00000506. The number of rotatable bonds is 9. The Morgan fingerprint density at radius 1 is 1.26 bits per heavy atom. The number of halogens is 2. The van der Waals surface area contributed by atoms with Gasteiger partial charge in [0.15, 0.2) is 5.69 Å². The molecule has 4 rings (SSSR count). The number of nitro groups is 1. The summed E-state index contributed by atoms with van der Waals surface area (Å²) in [6.45, 7) is 2.32. The fourth-order valence-corrected chi connectivity index (χ4v) is 4.12. The quantitative estimate of drug-likeness (QED) is 0.0889. The van der Waals surface area contributed by atoms with Crippen molar-refractivity contribution in [3.05, 3.63) is 82.0 Å². The summed E-state index contributed by atoms with van der Waals surface area (Å²) < 4.78 is 15.7. The van der Waals surface area contributed by atoms with Crippen molar-refractivity contribution in [2.75, 3.05) is 31.3 Å². The van der Waals surface area contributed by atoms with Gasteiger partial charge in [-0.25, -0.2) is 19.3 Å². The number of carbonyl (C=O) groups is 1. The Morgan fingerprint density at radius 3 is 2.72 bits per heavy atom. The zero-order chi connectivity index (χ0) is 30.4. The van der Waals surface area contributed by atoms with E-state index >= 15 is 0 Å². The van der Waals surface area contributed by atoms with Gasteiger partial charge in [0.1, 0.15) is 30.3 Å². The lowest BCUT2D eigenvalue weighted by Gasteiger charge is -2.28. The lowest BCUT2D eigenvalue weighted by atomic mass is 10.2. The van der Waals surface area contributed by atoms with Gasteiger partial charge in [0, 0.05) is 24.2 Å². The van der Waals surface area contributed by atoms with Crippen LogP contribution in [0.15, 0.2) is 48.9 Å². The molecule has 14 heteroatoms. The second-order valence-corrected chi connectivity index (χ2v) is 9.84. The number of hydrogen-bond acceptors (Lipinski definition) is 8. The number of imidazole rings is 1. The molecule has 0 bridgehead atoms. The molecule has 0 atom stereocenters. The Hall–Kier alpha value is -5.18. The second-order valence-electron chi connectivity index (χ2n) is 9.84. The SMILES string of the molecule is C#Cc1cc(Nc2ncnc3cnc(NC(=O)/C=C/C[N+](C)(C)Cc4c([N+](=O)[O-])nc(C#CC)n4C)cc23)ccc1F.[Br-]. The van der Waals surface area contributed by atoms with Crippen LogP contribution in [-0.4, -0.2) is 60.5 Å². The van der Waals surface area contributed by atoms with E-state index in [4.69, 9.17) is 6.42 Å². The van der Waals surface area contributed by atoms with Gasteiger partial charge in [-0.15, -0.1) is 6.42 Å². The summed E-state index contributed by atoms with van der Waals surface area (Å²) >= 11 is 0. The zero-order valence-electron chi connectivity index (χ0n) is 23.7. The van der Waals surface area contributed by atoms with E-state index in [0.717, 1.165) is 0 Å². The molecule has 0 saturated carbocycles. The van der Waals surface area contributed by atoms with E-state index in [1.54, 1.807) is 30.7 Å². The zero-order valence-corrected chi connectivity index (χ0v) is 25.3. The molecule has 2 N–H and O–H groups in total. The first-order valence-electron chi connectivity index (χ1n) is 12.6. The van der Waals surface area contributed by atoms with E-state index in [2.05, 4.69) is 48.3 Å². The highest BCUT2D eigenvalue weighted by Gasteiger charge is 2.30. The molecule has 3 aromatic heterocycles. The molecule has 0 fully saturated rings. The first kappa shape index (κ1) is 32.3. The molecule has 43 heavy (non-hydrogen) atoms. The highest BCUT2D eigenvalue weighted by Crippen LogP contribution is 2.26. The Labute approximate surface area is 257 Å². The van der Waals surface area contributed by atoms with E-state index in [-0.39, 0.29) is 40.7 Å². The van der Waals surface area contributed by atoms with Gasteiger partial charge in [0.05, 0.1) is 37.9 Å². The molecular formula is C29H27BrFN9O3. The molecule has 0 radical (unpaired) electrons. The third-order valence-corrected chi connectivity index (χ3v) is 6.21. The number of carbonyl (C=O) groups excluding carboxylic acids is 1. The van der Waals surface area contributed by atoms with Crippen molar-refractivity contribution in [1.82, 2.24) is 24.5 Å². The summed E-state index contributed by atoms with van der Waals surface area (Å²) in [5, 5.41) is 17.9. The first-order valence-corrected chi connectivity index (χ1v) is 12.6. The Kier molecular flexibility index (Phi) is 10.3.